The number of aromatic nitrogens is 2. The molecule has 0 unspecified atom stereocenters. The molecule has 18 heavy (non-hydrogen) atoms. The molecule has 0 fully saturated rings. The lowest BCUT2D eigenvalue weighted by Crippen LogP contribution is -2.14. The van der Waals surface area contributed by atoms with E-state index in [1.807, 2.05) is 0 Å². The van der Waals surface area contributed by atoms with Gasteiger partial charge in [-0.2, -0.15) is 5.10 Å². The van der Waals surface area contributed by atoms with Gasteiger partial charge in [0, 0.05) is 13.2 Å². The minimum atomic E-state index is -3.84. The van der Waals surface area contributed by atoms with Gasteiger partial charge in [-0.1, -0.05) is 0 Å². The number of aryl methyl sites for hydroxylation is 1. The van der Waals surface area contributed by atoms with Gasteiger partial charge in [0.25, 0.3) is 10.0 Å². The van der Waals surface area contributed by atoms with E-state index in [0.29, 0.717) is 5.69 Å². The van der Waals surface area contributed by atoms with Crippen molar-refractivity contribution < 1.29 is 12.8 Å². The topological polar surface area (TPSA) is 90.0 Å². The summed E-state index contributed by atoms with van der Waals surface area (Å²) >= 11 is 0. The van der Waals surface area contributed by atoms with Crippen LogP contribution in [0.2, 0.25) is 0 Å². The second-order valence-electron chi connectivity index (χ2n) is 3.69. The third-order valence-electron chi connectivity index (χ3n) is 2.22. The number of nitrogens with one attached hydrogen (secondary N) is 1. The van der Waals surface area contributed by atoms with Gasteiger partial charge in [0.1, 0.15) is 10.7 Å². The number of nitrogens with zero attached hydrogens (tertiary/aromatic N) is 2. The maximum Gasteiger partial charge on any atom is 0.264 e. The van der Waals surface area contributed by atoms with Crippen molar-refractivity contribution in [3.05, 3.63) is 36.4 Å². The SMILES string of the molecule is Cn1cc(NS(=O)(=O)c2ccc(F)cc2N)cn1. The molecule has 0 aliphatic rings. The summed E-state index contributed by atoms with van der Waals surface area (Å²) in [6.07, 6.45) is 2.86. The van der Waals surface area contributed by atoms with E-state index >= 15 is 0 Å². The first kappa shape index (κ1) is 12.4. The van der Waals surface area contributed by atoms with Crippen molar-refractivity contribution in [3.8, 4) is 0 Å². The molecule has 0 amide bonds. The van der Waals surface area contributed by atoms with Crippen molar-refractivity contribution in [2.24, 2.45) is 7.05 Å². The molecule has 1 aromatic heterocycles. The van der Waals surface area contributed by atoms with Crippen LogP contribution in [0.3, 0.4) is 0 Å². The molecule has 0 atom stereocenters. The Kier molecular flexibility index (Phi) is 2.95. The van der Waals surface area contributed by atoms with E-state index in [0.717, 1.165) is 18.2 Å². The summed E-state index contributed by atoms with van der Waals surface area (Å²) in [5.41, 5.74) is 5.65. The van der Waals surface area contributed by atoms with Crippen LogP contribution in [0.25, 0.3) is 0 Å². The summed E-state index contributed by atoms with van der Waals surface area (Å²) in [6, 6.07) is 3.11. The van der Waals surface area contributed by atoms with Gasteiger partial charge in [-0.3, -0.25) is 9.40 Å². The monoisotopic (exact) mass is 270 g/mol. The Labute approximate surface area is 103 Å². The molecule has 0 bridgehead atoms. The van der Waals surface area contributed by atoms with Crippen molar-refractivity contribution in [3.63, 3.8) is 0 Å². The van der Waals surface area contributed by atoms with Crippen molar-refractivity contribution in [1.29, 1.82) is 0 Å². The van der Waals surface area contributed by atoms with E-state index in [-0.39, 0.29) is 10.6 Å². The molecule has 8 heteroatoms. The molecular weight excluding hydrogens is 259 g/mol. The number of anilines is 2. The summed E-state index contributed by atoms with van der Waals surface area (Å²) in [6.45, 7) is 0. The zero-order chi connectivity index (χ0) is 13.3. The van der Waals surface area contributed by atoms with Crippen LogP contribution in [0.4, 0.5) is 15.8 Å². The number of sulfonamides is 1. The van der Waals surface area contributed by atoms with E-state index in [1.165, 1.54) is 17.1 Å². The number of hydrogen-bond acceptors (Lipinski definition) is 4. The molecule has 3 N–H and O–H groups in total. The number of benzene rings is 1. The van der Waals surface area contributed by atoms with E-state index in [2.05, 4.69) is 9.82 Å². The quantitative estimate of drug-likeness (QED) is 0.812. The molecule has 1 aromatic carbocycles. The molecule has 2 aromatic rings. The highest BCUT2D eigenvalue weighted by Crippen LogP contribution is 2.21. The molecule has 2 rings (SSSR count). The first-order valence-electron chi connectivity index (χ1n) is 4.95. The lowest BCUT2D eigenvalue weighted by atomic mass is 10.3. The highest BCUT2D eigenvalue weighted by molar-refractivity contribution is 7.92. The highest BCUT2D eigenvalue weighted by Gasteiger charge is 2.18. The molecule has 0 aliphatic heterocycles. The number of rotatable bonds is 3. The average Bonchev–Trinajstić information content (AvgIpc) is 2.62. The molecule has 0 aliphatic carbocycles. The number of hydrogen-bond donors (Lipinski definition) is 2. The highest BCUT2D eigenvalue weighted by atomic mass is 32.2. The molecule has 96 valence electrons. The van der Waals surface area contributed by atoms with Crippen LogP contribution in [-0.4, -0.2) is 18.2 Å². The summed E-state index contributed by atoms with van der Waals surface area (Å²) in [5.74, 6) is -0.590. The summed E-state index contributed by atoms with van der Waals surface area (Å²) < 4.78 is 40.6. The zero-order valence-electron chi connectivity index (χ0n) is 9.46. The van der Waals surface area contributed by atoms with E-state index in [1.54, 1.807) is 7.05 Å². The van der Waals surface area contributed by atoms with Gasteiger partial charge in [-0.05, 0) is 18.2 Å². The van der Waals surface area contributed by atoms with Gasteiger partial charge in [-0.25, -0.2) is 12.8 Å². The average molecular weight is 270 g/mol. The van der Waals surface area contributed by atoms with E-state index < -0.39 is 15.8 Å². The van der Waals surface area contributed by atoms with Crippen LogP contribution >= 0.6 is 0 Å². The number of nitrogen functional groups attached to an aromatic ring is 1. The summed E-state index contributed by atoms with van der Waals surface area (Å²) in [7, 11) is -2.19. The predicted octanol–water partition coefficient (Wildman–Crippen LogP) is 0.942. The van der Waals surface area contributed by atoms with Crippen molar-refractivity contribution in [1.82, 2.24) is 9.78 Å². The smallest absolute Gasteiger partial charge is 0.264 e. The maximum absolute atomic E-state index is 12.9. The van der Waals surface area contributed by atoms with Crippen molar-refractivity contribution in [2.75, 3.05) is 10.5 Å². The van der Waals surface area contributed by atoms with Crippen LogP contribution < -0.4 is 10.5 Å². The fourth-order valence-electron chi connectivity index (χ4n) is 1.45. The van der Waals surface area contributed by atoms with Gasteiger partial charge >= 0.3 is 0 Å². The van der Waals surface area contributed by atoms with Gasteiger partial charge in [0.2, 0.25) is 0 Å². The molecule has 0 radical (unpaired) electrons. The zero-order valence-corrected chi connectivity index (χ0v) is 10.3. The standard InChI is InChI=1S/C10H11FN4O2S/c1-15-6-8(5-13-15)14-18(16,17)10-3-2-7(11)4-9(10)12/h2-6,14H,12H2,1H3. The Bertz CT molecular complexity index is 681. The minimum absolute atomic E-state index is 0.147. The third kappa shape index (κ3) is 2.43. The van der Waals surface area contributed by atoms with Crippen LogP contribution in [0.1, 0.15) is 0 Å². The molecule has 0 spiro atoms. The maximum atomic E-state index is 12.9. The Hall–Kier alpha value is -2.09. The van der Waals surface area contributed by atoms with Crippen molar-refractivity contribution >= 4 is 21.4 Å². The first-order chi connectivity index (χ1) is 8.38. The third-order valence-corrected chi connectivity index (χ3v) is 3.67. The van der Waals surface area contributed by atoms with E-state index in [9.17, 15) is 12.8 Å². The predicted molar refractivity (Wildman–Crippen MR) is 64.8 cm³/mol. The van der Waals surface area contributed by atoms with Crippen molar-refractivity contribution in [2.45, 2.75) is 4.90 Å². The molecular formula is C10H11FN4O2S. The molecule has 0 saturated heterocycles. The normalized spacial score (nSPS) is 11.4. The van der Waals surface area contributed by atoms with Gasteiger partial charge in [-0.15, -0.1) is 0 Å². The van der Waals surface area contributed by atoms with Crippen LogP contribution in [-0.2, 0) is 17.1 Å². The van der Waals surface area contributed by atoms with E-state index in [4.69, 9.17) is 5.73 Å². The summed E-state index contributed by atoms with van der Waals surface area (Å²) in [4.78, 5) is -0.173. The van der Waals surface area contributed by atoms with Crippen LogP contribution in [0, 0.1) is 5.82 Å². The van der Waals surface area contributed by atoms with Crippen LogP contribution in [0.5, 0.6) is 0 Å². The van der Waals surface area contributed by atoms with Gasteiger partial charge in [0.15, 0.2) is 0 Å². The van der Waals surface area contributed by atoms with Gasteiger partial charge in [0.05, 0.1) is 17.6 Å². The minimum Gasteiger partial charge on any atom is -0.398 e. The second kappa shape index (κ2) is 4.30. The van der Waals surface area contributed by atoms with Crippen LogP contribution in [0.15, 0.2) is 35.5 Å². The molecule has 0 saturated carbocycles. The Morgan fingerprint density at radius 1 is 1.44 bits per heavy atom. The Balaban J connectivity index is 2.36. The molecule has 1 heterocycles. The summed E-state index contributed by atoms with van der Waals surface area (Å²) in [5, 5.41) is 3.83. The number of halogens is 1. The lowest BCUT2D eigenvalue weighted by molar-refractivity contribution is 0.600. The fraction of sp³-hybridized carbons (Fsp3) is 0.100. The Morgan fingerprint density at radius 2 is 2.17 bits per heavy atom. The second-order valence-corrected chi connectivity index (χ2v) is 5.34. The number of nitrogens with two attached hydrogens (primary N) is 1. The Morgan fingerprint density at radius 3 is 2.72 bits per heavy atom. The fourth-order valence-corrected chi connectivity index (χ4v) is 2.59. The lowest BCUT2D eigenvalue weighted by Gasteiger charge is -2.08. The van der Waals surface area contributed by atoms with Gasteiger partial charge < -0.3 is 5.73 Å². The largest absolute Gasteiger partial charge is 0.398 e. The first-order valence-corrected chi connectivity index (χ1v) is 6.43. The molecule has 6 nitrogen and oxygen atoms in total.